The van der Waals surface area contributed by atoms with Crippen LogP contribution in [-0.4, -0.2) is 18.0 Å². The van der Waals surface area contributed by atoms with E-state index >= 15 is 0 Å². The Hall–Kier alpha value is -3.36. The lowest BCUT2D eigenvalue weighted by Crippen LogP contribution is -2.14. The van der Waals surface area contributed by atoms with Crippen LogP contribution in [0.3, 0.4) is 0 Å². The lowest BCUT2D eigenvalue weighted by Gasteiger charge is -2.09. The van der Waals surface area contributed by atoms with Crippen LogP contribution in [0.4, 0.5) is 5.69 Å². The van der Waals surface area contributed by atoms with Gasteiger partial charge in [-0.15, -0.1) is 0 Å². The van der Waals surface area contributed by atoms with Crippen molar-refractivity contribution < 1.29 is 9.53 Å². The first-order chi connectivity index (χ1) is 13.4. The summed E-state index contributed by atoms with van der Waals surface area (Å²) in [5.74, 6) is 0.177. The van der Waals surface area contributed by atoms with Crippen LogP contribution in [-0.2, 0) is 4.79 Å². The van der Waals surface area contributed by atoms with Crippen molar-refractivity contribution in [3.8, 4) is 11.8 Å². The van der Waals surface area contributed by atoms with Crippen molar-refractivity contribution in [2.45, 2.75) is 13.8 Å². The predicted molar refractivity (Wildman–Crippen MR) is 111 cm³/mol. The van der Waals surface area contributed by atoms with Crippen LogP contribution in [0.1, 0.15) is 16.7 Å². The molecular formula is C22H18ClN3O2. The number of halogens is 1. The Morgan fingerprint density at radius 3 is 2.68 bits per heavy atom. The zero-order valence-corrected chi connectivity index (χ0v) is 16.5. The molecule has 2 aromatic carbocycles. The van der Waals surface area contributed by atoms with Crippen LogP contribution in [0, 0.1) is 25.2 Å². The molecule has 1 heterocycles. The molecule has 0 aliphatic heterocycles. The summed E-state index contributed by atoms with van der Waals surface area (Å²) < 4.78 is 5.23. The molecule has 0 unspecified atom stereocenters. The monoisotopic (exact) mass is 391 g/mol. The zero-order chi connectivity index (χ0) is 20.3. The molecule has 0 radical (unpaired) electrons. The molecule has 0 fully saturated rings. The average Bonchev–Trinajstić information content (AvgIpc) is 2.68. The molecule has 28 heavy (non-hydrogen) atoms. The molecule has 5 nitrogen and oxygen atoms in total. The van der Waals surface area contributed by atoms with Gasteiger partial charge >= 0.3 is 0 Å². The summed E-state index contributed by atoms with van der Waals surface area (Å²) in [5, 5.41) is 13.2. The van der Waals surface area contributed by atoms with Crippen molar-refractivity contribution in [3.63, 3.8) is 0 Å². The molecule has 1 aromatic heterocycles. The highest BCUT2D eigenvalue weighted by Gasteiger charge is 2.13. The Labute approximate surface area is 168 Å². The third-order valence-corrected chi connectivity index (χ3v) is 4.60. The number of carbonyl (C=O) groups excluding carboxylic acids is 1. The van der Waals surface area contributed by atoms with Crippen molar-refractivity contribution in [2.24, 2.45) is 0 Å². The van der Waals surface area contributed by atoms with Crippen molar-refractivity contribution in [2.75, 3.05) is 12.4 Å². The number of fused-ring (bicyclic) bond motifs is 1. The van der Waals surface area contributed by atoms with E-state index in [1.165, 1.54) is 6.08 Å². The van der Waals surface area contributed by atoms with Crippen molar-refractivity contribution in [1.82, 2.24) is 4.98 Å². The number of nitrogens with zero attached hydrogens (tertiary/aromatic N) is 2. The first-order valence-corrected chi connectivity index (χ1v) is 8.94. The fourth-order valence-electron chi connectivity index (χ4n) is 2.82. The minimum Gasteiger partial charge on any atom is -0.497 e. The van der Waals surface area contributed by atoms with Crippen LogP contribution < -0.4 is 10.1 Å². The number of nitriles is 1. The van der Waals surface area contributed by atoms with E-state index < -0.39 is 5.91 Å². The third-order valence-electron chi connectivity index (χ3n) is 4.30. The fraction of sp³-hybridized carbons (Fsp3) is 0.136. The van der Waals surface area contributed by atoms with E-state index in [-0.39, 0.29) is 10.7 Å². The van der Waals surface area contributed by atoms with E-state index in [0.29, 0.717) is 22.5 Å². The summed E-state index contributed by atoms with van der Waals surface area (Å²) in [6.07, 6.45) is 1.44. The topological polar surface area (TPSA) is 75.0 Å². The lowest BCUT2D eigenvalue weighted by atomic mass is 10.1. The molecular weight excluding hydrogens is 374 g/mol. The van der Waals surface area contributed by atoms with Gasteiger partial charge in [-0.25, -0.2) is 4.98 Å². The van der Waals surface area contributed by atoms with E-state index in [0.717, 1.165) is 16.5 Å². The van der Waals surface area contributed by atoms with Gasteiger partial charge in [0.15, 0.2) is 0 Å². The molecule has 0 bridgehead atoms. The van der Waals surface area contributed by atoms with Gasteiger partial charge in [-0.2, -0.15) is 5.26 Å². The molecule has 1 amide bonds. The Morgan fingerprint density at radius 2 is 2.00 bits per heavy atom. The van der Waals surface area contributed by atoms with Gasteiger partial charge in [0.1, 0.15) is 22.5 Å². The van der Waals surface area contributed by atoms with Crippen LogP contribution in [0.15, 0.2) is 48.0 Å². The maximum atomic E-state index is 12.6. The number of methoxy groups -OCH3 is 1. The first kappa shape index (κ1) is 19.4. The summed E-state index contributed by atoms with van der Waals surface area (Å²) in [4.78, 5) is 16.9. The van der Waals surface area contributed by atoms with E-state index in [1.807, 2.05) is 44.2 Å². The second-order valence-corrected chi connectivity index (χ2v) is 6.73. The van der Waals surface area contributed by atoms with E-state index in [9.17, 15) is 10.1 Å². The maximum absolute atomic E-state index is 12.6. The van der Waals surface area contributed by atoms with Crippen molar-refractivity contribution in [1.29, 1.82) is 5.26 Å². The Kier molecular flexibility index (Phi) is 5.62. The molecule has 140 valence electrons. The number of amides is 1. The minimum absolute atomic E-state index is 0.0640. The molecule has 3 aromatic rings. The second-order valence-electron chi connectivity index (χ2n) is 6.37. The molecule has 0 spiro atoms. The van der Waals surface area contributed by atoms with Gasteiger partial charge in [0, 0.05) is 16.6 Å². The van der Waals surface area contributed by atoms with Gasteiger partial charge in [0.05, 0.1) is 12.6 Å². The number of benzene rings is 2. The average molecular weight is 392 g/mol. The summed E-state index contributed by atoms with van der Waals surface area (Å²) >= 11 is 6.26. The summed E-state index contributed by atoms with van der Waals surface area (Å²) in [6.45, 7) is 3.87. The normalized spacial score (nSPS) is 11.2. The van der Waals surface area contributed by atoms with Crippen LogP contribution in [0.25, 0.3) is 17.0 Å². The molecule has 0 aliphatic rings. The SMILES string of the molecule is COc1ccc2nc(Cl)c(/C=C(\C#N)C(=O)Nc3ccc(C)cc3C)cc2c1. The number of rotatable bonds is 4. The molecule has 0 atom stereocenters. The molecule has 0 aliphatic carbocycles. The molecule has 0 saturated heterocycles. The van der Waals surface area contributed by atoms with Gasteiger partial charge in [0.25, 0.3) is 5.91 Å². The van der Waals surface area contributed by atoms with Gasteiger partial charge in [-0.1, -0.05) is 29.3 Å². The number of pyridine rings is 1. The van der Waals surface area contributed by atoms with Gasteiger partial charge in [0.2, 0.25) is 0 Å². The maximum Gasteiger partial charge on any atom is 0.266 e. The predicted octanol–water partition coefficient (Wildman–Crippen LogP) is 5.06. The summed E-state index contributed by atoms with van der Waals surface area (Å²) in [6, 6.07) is 14.8. The lowest BCUT2D eigenvalue weighted by molar-refractivity contribution is -0.112. The van der Waals surface area contributed by atoms with Gasteiger partial charge < -0.3 is 10.1 Å². The quantitative estimate of drug-likeness (QED) is 0.383. The Balaban J connectivity index is 1.96. The molecule has 1 N–H and O–H groups in total. The standard InChI is InChI=1S/C22H18ClN3O2/c1-13-4-6-19(14(2)8-13)26-22(27)17(12-24)10-16-9-15-11-18(28-3)5-7-20(15)25-21(16)23/h4-11H,1-3H3,(H,26,27)/b17-10+. The molecule has 3 rings (SSSR count). The number of ether oxygens (including phenoxy) is 1. The number of nitrogens with one attached hydrogen (secondary N) is 1. The largest absolute Gasteiger partial charge is 0.497 e. The first-order valence-electron chi connectivity index (χ1n) is 8.56. The van der Waals surface area contributed by atoms with Crippen LogP contribution >= 0.6 is 11.6 Å². The number of hydrogen-bond acceptors (Lipinski definition) is 4. The number of hydrogen-bond donors (Lipinski definition) is 1. The Bertz CT molecular complexity index is 1150. The highest BCUT2D eigenvalue weighted by atomic mass is 35.5. The van der Waals surface area contributed by atoms with Crippen LogP contribution in [0.2, 0.25) is 5.15 Å². The number of aromatic nitrogens is 1. The number of carbonyl (C=O) groups is 1. The van der Waals surface area contributed by atoms with E-state index in [4.69, 9.17) is 16.3 Å². The Morgan fingerprint density at radius 1 is 1.21 bits per heavy atom. The van der Waals surface area contributed by atoms with Gasteiger partial charge in [-0.3, -0.25) is 4.79 Å². The van der Waals surface area contributed by atoms with Crippen molar-refractivity contribution >= 4 is 40.2 Å². The number of aryl methyl sites for hydroxylation is 2. The fourth-order valence-corrected chi connectivity index (χ4v) is 3.02. The highest BCUT2D eigenvalue weighted by molar-refractivity contribution is 6.31. The van der Waals surface area contributed by atoms with E-state index in [2.05, 4.69) is 10.3 Å². The highest BCUT2D eigenvalue weighted by Crippen LogP contribution is 2.26. The second kappa shape index (κ2) is 8.12. The minimum atomic E-state index is -0.503. The summed E-state index contributed by atoms with van der Waals surface area (Å²) in [7, 11) is 1.58. The molecule has 6 heteroatoms. The van der Waals surface area contributed by atoms with E-state index in [1.54, 1.807) is 25.3 Å². The summed E-state index contributed by atoms with van der Waals surface area (Å²) in [5.41, 5.74) is 3.78. The smallest absolute Gasteiger partial charge is 0.266 e. The molecule has 0 saturated carbocycles. The number of anilines is 1. The van der Waals surface area contributed by atoms with Crippen molar-refractivity contribution in [3.05, 3.63) is 69.9 Å². The van der Waals surface area contributed by atoms with Crippen LogP contribution in [0.5, 0.6) is 5.75 Å². The van der Waals surface area contributed by atoms with Gasteiger partial charge in [-0.05, 0) is 55.8 Å². The zero-order valence-electron chi connectivity index (χ0n) is 15.7. The third kappa shape index (κ3) is 4.13.